The van der Waals surface area contributed by atoms with Crippen LogP contribution in [0.4, 0.5) is 10.6 Å². The second kappa shape index (κ2) is 10.1. The highest BCUT2D eigenvalue weighted by atomic mass is 16.5. The highest BCUT2D eigenvalue weighted by molar-refractivity contribution is 5.93. The molecule has 4 rings (SSSR count). The molecule has 4 N–H and O–H groups in total. The van der Waals surface area contributed by atoms with Crippen LogP contribution < -0.4 is 20.9 Å². The number of aryl methyl sites for hydroxylation is 2. The van der Waals surface area contributed by atoms with Crippen molar-refractivity contribution in [2.75, 3.05) is 5.32 Å². The van der Waals surface area contributed by atoms with Gasteiger partial charge in [-0.05, 0) is 63.5 Å². The number of amides is 3. The van der Waals surface area contributed by atoms with Gasteiger partial charge in [0.25, 0.3) is 0 Å². The van der Waals surface area contributed by atoms with E-state index in [9.17, 15) is 19.5 Å². The van der Waals surface area contributed by atoms with Crippen LogP contribution in [0.1, 0.15) is 50.6 Å². The van der Waals surface area contributed by atoms with Gasteiger partial charge in [0.15, 0.2) is 11.5 Å². The summed E-state index contributed by atoms with van der Waals surface area (Å²) in [4.78, 5) is 39.9. The SMILES string of the molecule is Cc1nc(-c2nnn(C)c2NC(=O)NNC(=O)CC2CC2)ccc1O[C@H]1CCC[C@H](C(=O)O)C1. The molecule has 2 atom stereocenters. The van der Waals surface area contributed by atoms with Crippen LogP contribution in [0.25, 0.3) is 11.4 Å². The van der Waals surface area contributed by atoms with Gasteiger partial charge in [0, 0.05) is 13.5 Å². The van der Waals surface area contributed by atoms with Crippen LogP contribution >= 0.6 is 0 Å². The van der Waals surface area contributed by atoms with Gasteiger partial charge >= 0.3 is 12.0 Å². The van der Waals surface area contributed by atoms with E-state index in [-0.39, 0.29) is 17.9 Å². The van der Waals surface area contributed by atoms with E-state index in [0.29, 0.717) is 53.8 Å². The van der Waals surface area contributed by atoms with Gasteiger partial charge in [-0.25, -0.2) is 19.9 Å². The summed E-state index contributed by atoms with van der Waals surface area (Å²) in [6, 6.07) is 2.85. The lowest BCUT2D eigenvalue weighted by atomic mass is 9.87. The number of carboxylic acid groups (broad SMARTS) is 1. The Morgan fingerprint density at radius 3 is 2.68 bits per heavy atom. The van der Waals surface area contributed by atoms with E-state index >= 15 is 0 Å². The van der Waals surface area contributed by atoms with Crippen LogP contribution in [0.5, 0.6) is 5.75 Å². The predicted octanol–water partition coefficient (Wildman–Crippen LogP) is 2.16. The zero-order valence-corrected chi connectivity index (χ0v) is 19.2. The monoisotopic (exact) mass is 471 g/mol. The Morgan fingerprint density at radius 2 is 1.97 bits per heavy atom. The summed E-state index contributed by atoms with van der Waals surface area (Å²) in [7, 11) is 1.63. The first-order valence-electron chi connectivity index (χ1n) is 11.4. The number of hydrazine groups is 1. The maximum atomic E-state index is 12.3. The van der Waals surface area contributed by atoms with Crippen molar-refractivity contribution in [3.8, 4) is 17.1 Å². The number of aromatic nitrogens is 4. The van der Waals surface area contributed by atoms with E-state index in [1.807, 2.05) is 0 Å². The van der Waals surface area contributed by atoms with E-state index in [1.54, 1.807) is 26.1 Å². The molecule has 2 aliphatic carbocycles. The van der Waals surface area contributed by atoms with E-state index in [4.69, 9.17) is 4.74 Å². The Morgan fingerprint density at radius 1 is 1.18 bits per heavy atom. The molecule has 0 radical (unpaired) electrons. The van der Waals surface area contributed by atoms with Crippen LogP contribution in [0, 0.1) is 18.8 Å². The van der Waals surface area contributed by atoms with E-state index < -0.39 is 12.0 Å². The first kappa shape index (κ1) is 23.5. The molecule has 0 saturated heterocycles. The quantitative estimate of drug-likeness (QED) is 0.447. The fraction of sp³-hybridized carbons (Fsp3) is 0.545. The maximum Gasteiger partial charge on any atom is 0.339 e. The Kier molecular flexibility index (Phi) is 6.94. The Labute approximate surface area is 196 Å². The van der Waals surface area contributed by atoms with Gasteiger partial charge in [-0.1, -0.05) is 5.21 Å². The first-order valence-corrected chi connectivity index (χ1v) is 11.4. The molecule has 2 aromatic rings. The number of pyridine rings is 1. The van der Waals surface area contributed by atoms with E-state index in [1.165, 1.54) is 4.68 Å². The summed E-state index contributed by atoms with van der Waals surface area (Å²) in [6.07, 6.45) is 5.07. The summed E-state index contributed by atoms with van der Waals surface area (Å²) in [5, 5.41) is 20.0. The van der Waals surface area contributed by atoms with Gasteiger partial charge in [0.1, 0.15) is 5.75 Å². The number of hydrogen-bond acceptors (Lipinski definition) is 7. The number of ether oxygens (including phenoxy) is 1. The fourth-order valence-corrected chi connectivity index (χ4v) is 4.03. The molecule has 2 aliphatic rings. The molecule has 2 saturated carbocycles. The van der Waals surface area contributed by atoms with Crippen LogP contribution in [0.2, 0.25) is 0 Å². The molecule has 3 amide bonds. The van der Waals surface area contributed by atoms with Crippen LogP contribution in [-0.4, -0.2) is 49.1 Å². The van der Waals surface area contributed by atoms with Gasteiger partial charge in [0.2, 0.25) is 5.91 Å². The molecule has 0 aliphatic heterocycles. The third-order valence-electron chi connectivity index (χ3n) is 6.09. The molecule has 2 heterocycles. The summed E-state index contributed by atoms with van der Waals surface area (Å²) < 4.78 is 7.46. The van der Waals surface area contributed by atoms with Crippen LogP contribution in [-0.2, 0) is 16.6 Å². The normalized spacial score (nSPS) is 19.8. The van der Waals surface area contributed by atoms with Crippen molar-refractivity contribution >= 4 is 23.7 Å². The molecule has 182 valence electrons. The summed E-state index contributed by atoms with van der Waals surface area (Å²) in [5.41, 5.74) is 6.19. The molecule has 0 bridgehead atoms. The molecular weight excluding hydrogens is 442 g/mol. The van der Waals surface area contributed by atoms with Gasteiger partial charge in [-0.15, -0.1) is 5.10 Å². The Balaban J connectivity index is 1.40. The molecule has 12 heteroatoms. The molecule has 0 aromatic carbocycles. The van der Waals surface area contributed by atoms with Gasteiger partial charge in [-0.2, -0.15) is 0 Å². The lowest BCUT2D eigenvalue weighted by Gasteiger charge is -2.27. The van der Waals surface area contributed by atoms with Gasteiger partial charge < -0.3 is 9.84 Å². The van der Waals surface area contributed by atoms with Crippen molar-refractivity contribution in [2.24, 2.45) is 18.9 Å². The van der Waals surface area contributed by atoms with Gasteiger partial charge in [0.05, 0.1) is 23.4 Å². The number of nitrogens with zero attached hydrogens (tertiary/aromatic N) is 4. The average Bonchev–Trinajstić information content (AvgIpc) is 3.55. The highest BCUT2D eigenvalue weighted by Crippen LogP contribution is 2.32. The summed E-state index contributed by atoms with van der Waals surface area (Å²) in [5.74, 6) is -0.102. The number of carbonyl (C=O) groups is 3. The molecule has 12 nitrogen and oxygen atoms in total. The number of anilines is 1. The molecule has 2 fully saturated rings. The molecule has 2 aromatic heterocycles. The fourth-order valence-electron chi connectivity index (χ4n) is 4.03. The highest BCUT2D eigenvalue weighted by Gasteiger charge is 2.29. The summed E-state index contributed by atoms with van der Waals surface area (Å²) in [6.45, 7) is 1.79. The molecular formula is C22H29N7O5. The van der Waals surface area contributed by atoms with E-state index in [0.717, 1.165) is 25.7 Å². The minimum Gasteiger partial charge on any atom is -0.489 e. The largest absolute Gasteiger partial charge is 0.489 e. The van der Waals surface area contributed by atoms with Crippen molar-refractivity contribution in [2.45, 2.75) is 58.0 Å². The van der Waals surface area contributed by atoms with Crippen molar-refractivity contribution in [1.29, 1.82) is 0 Å². The van der Waals surface area contributed by atoms with Crippen LogP contribution in [0.15, 0.2) is 12.1 Å². The van der Waals surface area contributed by atoms with Crippen molar-refractivity contribution < 1.29 is 24.2 Å². The maximum absolute atomic E-state index is 12.3. The molecule has 34 heavy (non-hydrogen) atoms. The number of hydrogen-bond donors (Lipinski definition) is 4. The number of urea groups is 1. The van der Waals surface area contributed by atoms with Crippen molar-refractivity contribution in [3.05, 3.63) is 17.8 Å². The minimum absolute atomic E-state index is 0.172. The Bertz CT molecular complexity index is 1080. The zero-order chi connectivity index (χ0) is 24.2. The second-order valence-electron chi connectivity index (χ2n) is 8.91. The van der Waals surface area contributed by atoms with Crippen LogP contribution in [0.3, 0.4) is 0 Å². The minimum atomic E-state index is -0.785. The number of carbonyl (C=O) groups excluding carboxylic acids is 2. The Hall–Kier alpha value is -3.70. The van der Waals surface area contributed by atoms with Crippen molar-refractivity contribution in [3.63, 3.8) is 0 Å². The molecule has 0 spiro atoms. The number of rotatable bonds is 7. The number of nitrogens with one attached hydrogen (secondary N) is 3. The topological polar surface area (TPSA) is 160 Å². The van der Waals surface area contributed by atoms with Gasteiger partial charge in [-0.3, -0.25) is 20.3 Å². The third kappa shape index (κ3) is 5.80. The zero-order valence-electron chi connectivity index (χ0n) is 19.2. The average molecular weight is 472 g/mol. The standard InChI is InChI=1S/C22H29N7O5/c1-12-17(34-15-5-3-4-14(11-15)21(31)32)9-8-16(23-12)19-20(29(2)28-26-19)24-22(33)27-25-18(30)10-13-6-7-13/h8-9,13-15H,3-7,10-11H2,1-2H3,(H,25,30)(H,31,32)(H2,24,27,33)/t14-,15-/m0/s1. The summed E-state index contributed by atoms with van der Waals surface area (Å²) >= 11 is 0. The predicted molar refractivity (Wildman–Crippen MR) is 121 cm³/mol. The number of carboxylic acids is 1. The second-order valence-corrected chi connectivity index (χ2v) is 8.91. The number of aliphatic carboxylic acids is 1. The first-order chi connectivity index (χ1) is 16.3. The van der Waals surface area contributed by atoms with Crippen molar-refractivity contribution in [1.82, 2.24) is 30.8 Å². The molecule has 0 unspecified atom stereocenters. The van der Waals surface area contributed by atoms with E-state index in [2.05, 4.69) is 31.5 Å². The smallest absolute Gasteiger partial charge is 0.339 e. The lowest BCUT2D eigenvalue weighted by molar-refractivity contribution is -0.143. The lowest BCUT2D eigenvalue weighted by Crippen LogP contribution is -2.44. The third-order valence-corrected chi connectivity index (χ3v) is 6.09.